The molecule has 0 bridgehead atoms. The van der Waals surface area contributed by atoms with Crippen molar-refractivity contribution in [2.75, 3.05) is 25.0 Å². The summed E-state index contributed by atoms with van der Waals surface area (Å²) in [4.78, 5) is 25.8. The van der Waals surface area contributed by atoms with Crippen molar-refractivity contribution < 1.29 is 14.3 Å². The molecule has 1 aliphatic heterocycles. The average Bonchev–Trinajstić information content (AvgIpc) is 2.44. The number of likely N-dealkylation sites (N-methyl/N-ethyl adjacent to an activating group) is 1. The highest BCUT2D eigenvalue weighted by molar-refractivity contribution is 5.95. The number of carbonyl (C=O) groups is 2. The van der Waals surface area contributed by atoms with Gasteiger partial charge >= 0.3 is 0 Å². The standard InChI is InChI=1S/C15H20N2O3/c1-3-17-8-9-20-13(15(17)19)10-14(18)16-12-7-5-4-6-11(12)2/h4-7,13H,3,8-10H2,1-2H3,(H,16,18). The van der Waals surface area contributed by atoms with Crippen molar-refractivity contribution in [2.24, 2.45) is 0 Å². The van der Waals surface area contributed by atoms with Crippen molar-refractivity contribution in [3.63, 3.8) is 0 Å². The van der Waals surface area contributed by atoms with Crippen LogP contribution < -0.4 is 5.32 Å². The lowest BCUT2D eigenvalue weighted by atomic mass is 10.1. The summed E-state index contributed by atoms with van der Waals surface area (Å²) in [6.45, 7) is 5.59. The summed E-state index contributed by atoms with van der Waals surface area (Å²) in [5.41, 5.74) is 1.76. The molecule has 1 aromatic rings. The Bertz CT molecular complexity index is 502. The number of benzene rings is 1. The van der Waals surface area contributed by atoms with Crippen LogP contribution in [-0.2, 0) is 14.3 Å². The van der Waals surface area contributed by atoms with E-state index in [1.165, 1.54) is 0 Å². The summed E-state index contributed by atoms with van der Waals surface area (Å²) in [6, 6.07) is 7.55. The van der Waals surface area contributed by atoms with Gasteiger partial charge in [-0.25, -0.2) is 0 Å². The van der Waals surface area contributed by atoms with Gasteiger partial charge < -0.3 is 15.0 Å². The number of anilines is 1. The van der Waals surface area contributed by atoms with Gasteiger partial charge in [-0.3, -0.25) is 9.59 Å². The van der Waals surface area contributed by atoms with Crippen LogP contribution in [0, 0.1) is 6.92 Å². The maximum Gasteiger partial charge on any atom is 0.252 e. The van der Waals surface area contributed by atoms with Gasteiger partial charge in [0.1, 0.15) is 6.10 Å². The number of hydrogen-bond donors (Lipinski definition) is 1. The first-order valence-corrected chi connectivity index (χ1v) is 6.87. The van der Waals surface area contributed by atoms with Crippen LogP contribution in [0.15, 0.2) is 24.3 Å². The van der Waals surface area contributed by atoms with Crippen molar-refractivity contribution in [3.8, 4) is 0 Å². The molecule has 0 saturated carbocycles. The highest BCUT2D eigenvalue weighted by Crippen LogP contribution is 2.15. The smallest absolute Gasteiger partial charge is 0.252 e. The van der Waals surface area contributed by atoms with Gasteiger partial charge in [-0.05, 0) is 25.5 Å². The molecule has 1 unspecified atom stereocenters. The fraction of sp³-hybridized carbons (Fsp3) is 0.467. The Kier molecular flexibility index (Phi) is 4.74. The van der Waals surface area contributed by atoms with Crippen LogP contribution in [0.2, 0.25) is 0 Å². The Morgan fingerprint density at radius 3 is 2.90 bits per heavy atom. The van der Waals surface area contributed by atoms with E-state index in [4.69, 9.17) is 4.74 Å². The number of aryl methyl sites for hydroxylation is 1. The van der Waals surface area contributed by atoms with Crippen molar-refractivity contribution in [1.82, 2.24) is 4.90 Å². The van der Waals surface area contributed by atoms with E-state index in [9.17, 15) is 9.59 Å². The average molecular weight is 276 g/mol. The molecule has 0 aliphatic carbocycles. The van der Waals surface area contributed by atoms with Gasteiger partial charge in [0.25, 0.3) is 5.91 Å². The number of ether oxygens (including phenoxy) is 1. The molecule has 0 radical (unpaired) electrons. The SMILES string of the molecule is CCN1CCOC(CC(=O)Nc2ccccc2C)C1=O. The zero-order valence-electron chi connectivity index (χ0n) is 11.9. The zero-order chi connectivity index (χ0) is 14.5. The molecule has 2 amide bonds. The van der Waals surface area contributed by atoms with E-state index in [1.54, 1.807) is 4.90 Å². The van der Waals surface area contributed by atoms with E-state index in [0.29, 0.717) is 19.7 Å². The molecule has 108 valence electrons. The monoisotopic (exact) mass is 276 g/mol. The Balaban J connectivity index is 1.94. The quantitative estimate of drug-likeness (QED) is 0.908. The Hall–Kier alpha value is -1.88. The molecule has 1 N–H and O–H groups in total. The topological polar surface area (TPSA) is 58.6 Å². The molecule has 1 aromatic carbocycles. The third-order valence-corrected chi connectivity index (χ3v) is 3.44. The fourth-order valence-corrected chi connectivity index (χ4v) is 2.23. The largest absolute Gasteiger partial charge is 0.366 e. The Morgan fingerprint density at radius 1 is 1.45 bits per heavy atom. The van der Waals surface area contributed by atoms with Crippen LogP contribution >= 0.6 is 0 Å². The second kappa shape index (κ2) is 6.52. The third kappa shape index (κ3) is 3.36. The number of morpholine rings is 1. The Labute approximate surface area is 118 Å². The van der Waals surface area contributed by atoms with E-state index >= 15 is 0 Å². The van der Waals surface area contributed by atoms with E-state index in [2.05, 4.69) is 5.32 Å². The van der Waals surface area contributed by atoms with Gasteiger partial charge in [0, 0.05) is 18.8 Å². The van der Waals surface area contributed by atoms with Gasteiger partial charge in [-0.2, -0.15) is 0 Å². The second-order valence-corrected chi connectivity index (χ2v) is 4.84. The summed E-state index contributed by atoms with van der Waals surface area (Å²) >= 11 is 0. The molecule has 5 heteroatoms. The van der Waals surface area contributed by atoms with E-state index < -0.39 is 6.10 Å². The molecule has 1 aliphatic rings. The summed E-state index contributed by atoms with van der Waals surface area (Å²) in [6.07, 6.45) is -0.600. The van der Waals surface area contributed by atoms with Crippen molar-refractivity contribution in [2.45, 2.75) is 26.4 Å². The van der Waals surface area contributed by atoms with Crippen LogP contribution in [0.4, 0.5) is 5.69 Å². The molecular weight excluding hydrogens is 256 g/mol. The lowest BCUT2D eigenvalue weighted by Gasteiger charge is -2.31. The molecule has 1 saturated heterocycles. The number of hydrogen-bond acceptors (Lipinski definition) is 3. The maximum absolute atomic E-state index is 12.0. The van der Waals surface area contributed by atoms with Gasteiger partial charge in [0.15, 0.2) is 0 Å². The second-order valence-electron chi connectivity index (χ2n) is 4.84. The molecule has 2 rings (SSSR count). The summed E-state index contributed by atoms with van der Waals surface area (Å²) in [5.74, 6) is -0.297. The first-order chi connectivity index (χ1) is 9.61. The molecule has 1 atom stereocenters. The fourth-order valence-electron chi connectivity index (χ4n) is 2.23. The normalized spacial score (nSPS) is 19.0. The van der Waals surface area contributed by atoms with Gasteiger partial charge in [0.2, 0.25) is 5.91 Å². The van der Waals surface area contributed by atoms with Crippen LogP contribution in [-0.4, -0.2) is 42.5 Å². The minimum absolute atomic E-state index is 0.0592. The van der Waals surface area contributed by atoms with Crippen molar-refractivity contribution in [1.29, 1.82) is 0 Å². The lowest BCUT2D eigenvalue weighted by molar-refractivity contribution is -0.154. The summed E-state index contributed by atoms with van der Waals surface area (Å²) in [5, 5.41) is 2.82. The molecular formula is C15H20N2O3. The highest BCUT2D eigenvalue weighted by Gasteiger charge is 2.30. The molecule has 0 aromatic heterocycles. The molecule has 1 fully saturated rings. The van der Waals surface area contributed by atoms with Crippen LogP contribution in [0.3, 0.4) is 0 Å². The van der Waals surface area contributed by atoms with Gasteiger partial charge in [0.05, 0.1) is 13.0 Å². The molecule has 1 heterocycles. The summed E-state index contributed by atoms with van der Waals surface area (Å²) < 4.78 is 5.41. The van der Waals surface area contributed by atoms with E-state index in [1.807, 2.05) is 38.1 Å². The van der Waals surface area contributed by atoms with E-state index in [0.717, 1.165) is 11.3 Å². The van der Waals surface area contributed by atoms with Crippen molar-refractivity contribution in [3.05, 3.63) is 29.8 Å². The number of nitrogens with one attached hydrogen (secondary N) is 1. The predicted octanol–water partition coefficient (Wildman–Crippen LogP) is 1.57. The zero-order valence-corrected chi connectivity index (χ0v) is 11.9. The van der Waals surface area contributed by atoms with E-state index in [-0.39, 0.29) is 18.2 Å². The highest BCUT2D eigenvalue weighted by atomic mass is 16.5. The number of amides is 2. The predicted molar refractivity (Wildman–Crippen MR) is 76.4 cm³/mol. The molecule has 0 spiro atoms. The number of nitrogens with zero attached hydrogens (tertiary/aromatic N) is 1. The summed E-state index contributed by atoms with van der Waals surface area (Å²) in [7, 11) is 0. The maximum atomic E-state index is 12.0. The first-order valence-electron chi connectivity index (χ1n) is 6.87. The van der Waals surface area contributed by atoms with Gasteiger partial charge in [-0.1, -0.05) is 18.2 Å². The molecule has 5 nitrogen and oxygen atoms in total. The lowest BCUT2D eigenvalue weighted by Crippen LogP contribution is -2.48. The van der Waals surface area contributed by atoms with Crippen molar-refractivity contribution >= 4 is 17.5 Å². The number of carbonyl (C=O) groups excluding carboxylic acids is 2. The third-order valence-electron chi connectivity index (χ3n) is 3.44. The number of para-hydroxylation sites is 1. The minimum atomic E-state index is -0.660. The van der Waals surface area contributed by atoms with Crippen LogP contribution in [0.1, 0.15) is 18.9 Å². The van der Waals surface area contributed by atoms with Crippen LogP contribution in [0.25, 0.3) is 0 Å². The minimum Gasteiger partial charge on any atom is -0.366 e. The first kappa shape index (κ1) is 14.5. The Morgan fingerprint density at radius 2 is 2.20 bits per heavy atom. The van der Waals surface area contributed by atoms with Gasteiger partial charge in [-0.15, -0.1) is 0 Å². The molecule has 20 heavy (non-hydrogen) atoms. The van der Waals surface area contributed by atoms with Crippen LogP contribution in [0.5, 0.6) is 0 Å². The number of rotatable bonds is 4.